The van der Waals surface area contributed by atoms with Crippen molar-refractivity contribution in [2.45, 2.75) is 6.54 Å². The molecule has 0 unspecified atom stereocenters. The first kappa shape index (κ1) is 27.1. The molecule has 4 aromatic rings. The van der Waals surface area contributed by atoms with Crippen molar-refractivity contribution in [3.63, 3.8) is 0 Å². The maximum absolute atomic E-state index is 13.5. The molecule has 2 N–H and O–H groups in total. The number of carbonyl (C=O) groups is 2. The standard InChI is InChI=1S/C32H31ClN4O3/c1-40-30-10-6-5-9-29(30)37-19-17-36(18-20-37)28-16-15-26(35-31(38)24-11-13-25(33)14-12-24)21-27(28)32(39)34-22-23-7-3-2-4-8-23/h2-16,21H,17-20,22H2,1H3,(H,34,39)(H,35,38). The van der Waals surface area contributed by atoms with Crippen LogP contribution in [0.4, 0.5) is 17.1 Å². The second kappa shape index (κ2) is 12.6. The molecule has 0 saturated carbocycles. The molecule has 40 heavy (non-hydrogen) atoms. The predicted molar refractivity (Wildman–Crippen MR) is 161 cm³/mol. The number of amides is 2. The van der Waals surface area contributed by atoms with E-state index in [1.54, 1.807) is 37.4 Å². The first-order chi connectivity index (χ1) is 19.5. The lowest BCUT2D eigenvalue weighted by molar-refractivity contribution is 0.0950. The van der Waals surface area contributed by atoms with Gasteiger partial charge in [0.15, 0.2) is 0 Å². The van der Waals surface area contributed by atoms with E-state index in [4.69, 9.17) is 16.3 Å². The largest absolute Gasteiger partial charge is 0.495 e. The molecule has 204 valence electrons. The minimum Gasteiger partial charge on any atom is -0.495 e. The molecule has 7 nitrogen and oxygen atoms in total. The molecule has 1 fully saturated rings. The van der Waals surface area contributed by atoms with Crippen molar-refractivity contribution in [3.05, 3.63) is 119 Å². The van der Waals surface area contributed by atoms with E-state index in [1.165, 1.54) is 0 Å². The number of nitrogens with one attached hydrogen (secondary N) is 2. The molecule has 5 rings (SSSR count). The molecule has 0 spiro atoms. The monoisotopic (exact) mass is 554 g/mol. The van der Waals surface area contributed by atoms with Crippen LogP contribution in [0.15, 0.2) is 97.1 Å². The van der Waals surface area contributed by atoms with E-state index in [9.17, 15) is 9.59 Å². The van der Waals surface area contributed by atoms with Crippen molar-refractivity contribution in [1.82, 2.24) is 5.32 Å². The predicted octanol–water partition coefficient (Wildman–Crippen LogP) is 5.86. The Morgan fingerprint density at radius 2 is 1.43 bits per heavy atom. The van der Waals surface area contributed by atoms with Crippen LogP contribution in [-0.4, -0.2) is 45.1 Å². The van der Waals surface area contributed by atoms with Gasteiger partial charge in [0.2, 0.25) is 0 Å². The summed E-state index contributed by atoms with van der Waals surface area (Å²) in [5.41, 5.74) is 4.43. The molecule has 0 radical (unpaired) electrons. The van der Waals surface area contributed by atoms with Gasteiger partial charge in [0.25, 0.3) is 11.8 Å². The van der Waals surface area contributed by atoms with Crippen LogP contribution in [0.5, 0.6) is 5.75 Å². The lowest BCUT2D eigenvalue weighted by atomic mass is 10.1. The molecule has 8 heteroatoms. The number of methoxy groups -OCH3 is 1. The Hall–Kier alpha value is -4.49. The summed E-state index contributed by atoms with van der Waals surface area (Å²) in [4.78, 5) is 30.9. The van der Waals surface area contributed by atoms with Crippen molar-refractivity contribution in [3.8, 4) is 5.75 Å². The molecule has 0 atom stereocenters. The van der Waals surface area contributed by atoms with Crippen LogP contribution in [0, 0.1) is 0 Å². The number of halogens is 1. The number of rotatable bonds is 8. The third-order valence-corrected chi connectivity index (χ3v) is 7.20. The number of benzene rings is 4. The highest BCUT2D eigenvalue weighted by atomic mass is 35.5. The maximum atomic E-state index is 13.5. The van der Waals surface area contributed by atoms with Crippen LogP contribution in [0.2, 0.25) is 5.02 Å². The number of para-hydroxylation sites is 2. The molecule has 2 amide bonds. The molecular weight excluding hydrogens is 524 g/mol. The van der Waals surface area contributed by atoms with Gasteiger partial charge in [0.05, 0.1) is 18.4 Å². The number of hydrogen-bond acceptors (Lipinski definition) is 5. The van der Waals surface area contributed by atoms with Crippen molar-refractivity contribution >= 4 is 40.5 Å². The fourth-order valence-electron chi connectivity index (χ4n) is 4.83. The summed E-state index contributed by atoms with van der Waals surface area (Å²) < 4.78 is 5.56. The van der Waals surface area contributed by atoms with Gasteiger partial charge >= 0.3 is 0 Å². The van der Waals surface area contributed by atoms with Crippen LogP contribution in [-0.2, 0) is 6.54 Å². The van der Waals surface area contributed by atoms with Gasteiger partial charge in [0, 0.05) is 54.7 Å². The Morgan fingerprint density at radius 3 is 2.12 bits per heavy atom. The number of hydrogen-bond donors (Lipinski definition) is 2. The van der Waals surface area contributed by atoms with Crippen LogP contribution < -0.4 is 25.2 Å². The van der Waals surface area contributed by atoms with E-state index in [1.807, 2.05) is 60.7 Å². The van der Waals surface area contributed by atoms with Crippen LogP contribution in [0.3, 0.4) is 0 Å². The molecule has 0 bridgehead atoms. The van der Waals surface area contributed by atoms with Gasteiger partial charge in [-0.2, -0.15) is 0 Å². The van der Waals surface area contributed by atoms with E-state index in [0.29, 0.717) is 28.4 Å². The summed E-state index contributed by atoms with van der Waals surface area (Å²) in [5, 5.41) is 6.52. The summed E-state index contributed by atoms with van der Waals surface area (Å²) in [6.45, 7) is 3.42. The molecule has 1 saturated heterocycles. The molecule has 4 aromatic carbocycles. The van der Waals surface area contributed by atoms with Gasteiger partial charge in [0.1, 0.15) is 5.75 Å². The number of nitrogens with zero attached hydrogens (tertiary/aromatic N) is 2. The zero-order valence-electron chi connectivity index (χ0n) is 22.3. The van der Waals surface area contributed by atoms with Crippen molar-refractivity contribution in [2.24, 2.45) is 0 Å². The van der Waals surface area contributed by atoms with E-state index >= 15 is 0 Å². The van der Waals surface area contributed by atoms with Crippen LogP contribution >= 0.6 is 11.6 Å². The average molecular weight is 555 g/mol. The first-order valence-corrected chi connectivity index (χ1v) is 13.6. The fraction of sp³-hybridized carbons (Fsp3) is 0.188. The second-order valence-corrected chi connectivity index (χ2v) is 9.94. The average Bonchev–Trinajstić information content (AvgIpc) is 3.00. The first-order valence-electron chi connectivity index (χ1n) is 13.2. The normalized spacial score (nSPS) is 13.1. The highest BCUT2D eigenvalue weighted by Gasteiger charge is 2.24. The van der Waals surface area contributed by atoms with Gasteiger partial charge in [-0.05, 0) is 60.2 Å². The zero-order valence-corrected chi connectivity index (χ0v) is 23.0. The third kappa shape index (κ3) is 6.38. The SMILES string of the molecule is COc1ccccc1N1CCN(c2ccc(NC(=O)c3ccc(Cl)cc3)cc2C(=O)NCc2ccccc2)CC1. The summed E-state index contributed by atoms with van der Waals surface area (Å²) in [5.74, 6) is 0.372. The van der Waals surface area contributed by atoms with Crippen molar-refractivity contribution in [1.29, 1.82) is 0 Å². The maximum Gasteiger partial charge on any atom is 0.255 e. The second-order valence-electron chi connectivity index (χ2n) is 9.51. The van der Waals surface area contributed by atoms with E-state index in [-0.39, 0.29) is 11.8 Å². The molecular formula is C32H31ClN4O3. The van der Waals surface area contributed by atoms with Gasteiger partial charge in [-0.1, -0.05) is 54.1 Å². The quantitative estimate of drug-likeness (QED) is 0.285. The summed E-state index contributed by atoms with van der Waals surface area (Å²) in [7, 11) is 1.68. The Morgan fingerprint density at radius 1 is 0.775 bits per heavy atom. The summed E-state index contributed by atoms with van der Waals surface area (Å²) in [6, 6.07) is 30.0. The molecule has 0 aromatic heterocycles. The summed E-state index contributed by atoms with van der Waals surface area (Å²) in [6.07, 6.45) is 0. The molecule has 1 aliphatic heterocycles. The van der Waals surface area contributed by atoms with Gasteiger partial charge < -0.3 is 25.2 Å². The molecule has 1 heterocycles. The van der Waals surface area contributed by atoms with Crippen molar-refractivity contribution < 1.29 is 14.3 Å². The van der Waals surface area contributed by atoms with Gasteiger partial charge in [-0.3, -0.25) is 9.59 Å². The fourth-order valence-corrected chi connectivity index (χ4v) is 4.95. The molecule has 1 aliphatic rings. The minimum absolute atomic E-state index is 0.200. The van der Waals surface area contributed by atoms with E-state index in [2.05, 4.69) is 26.5 Å². The number of carbonyl (C=O) groups excluding carboxylic acids is 2. The van der Waals surface area contributed by atoms with E-state index < -0.39 is 0 Å². The number of piperazine rings is 1. The van der Waals surface area contributed by atoms with Crippen LogP contribution in [0.1, 0.15) is 26.3 Å². The Balaban J connectivity index is 1.36. The highest BCUT2D eigenvalue weighted by molar-refractivity contribution is 6.30. The lowest BCUT2D eigenvalue weighted by Crippen LogP contribution is -2.47. The topological polar surface area (TPSA) is 73.9 Å². The van der Waals surface area contributed by atoms with Gasteiger partial charge in [-0.25, -0.2) is 0 Å². The van der Waals surface area contributed by atoms with Crippen LogP contribution in [0.25, 0.3) is 0 Å². The van der Waals surface area contributed by atoms with E-state index in [0.717, 1.165) is 48.9 Å². The Labute approximate surface area is 239 Å². The minimum atomic E-state index is -0.273. The number of ether oxygens (including phenoxy) is 1. The van der Waals surface area contributed by atoms with Gasteiger partial charge in [-0.15, -0.1) is 0 Å². The zero-order chi connectivity index (χ0) is 27.9. The summed E-state index contributed by atoms with van der Waals surface area (Å²) >= 11 is 5.97. The highest BCUT2D eigenvalue weighted by Crippen LogP contribution is 2.31. The van der Waals surface area contributed by atoms with Crippen molar-refractivity contribution in [2.75, 3.05) is 48.4 Å². The molecule has 0 aliphatic carbocycles. The smallest absolute Gasteiger partial charge is 0.255 e. The Bertz CT molecular complexity index is 1470. The third-order valence-electron chi connectivity index (χ3n) is 6.95. The lowest BCUT2D eigenvalue weighted by Gasteiger charge is -2.38. The Kier molecular flexibility index (Phi) is 8.52. The number of anilines is 3.